The van der Waals surface area contributed by atoms with Crippen LogP contribution >= 0.6 is 0 Å². The van der Waals surface area contributed by atoms with Crippen LogP contribution in [0, 0.1) is 0 Å². The molecule has 0 spiro atoms. The molecule has 78 valence electrons. The van der Waals surface area contributed by atoms with E-state index in [1.165, 1.54) is 35.1 Å². The maximum atomic E-state index is 2.37. The molecule has 0 heterocycles. The fourth-order valence-corrected chi connectivity index (χ4v) is 2.10. The Hall–Kier alpha value is -1.30. The second kappa shape index (κ2) is 4.48. The third-order valence-electron chi connectivity index (χ3n) is 3.10. The molecule has 0 saturated carbocycles. The van der Waals surface area contributed by atoms with Crippen molar-refractivity contribution in [2.75, 3.05) is 0 Å². The van der Waals surface area contributed by atoms with Gasteiger partial charge in [0, 0.05) is 0 Å². The van der Waals surface area contributed by atoms with Gasteiger partial charge in [-0.25, -0.2) is 0 Å². The molecule has 15 heavy (non-hydrogen) atoms. The Labute approximate surface area is 92.3 Å². The molecule has 0 amide bonds. The first-order valence-electron chi connectivity index (χ1n) is 5.68. The number of benzene rings is 1. The van der Waals surface area contributed by atoms with Crippen molar-refractivity contribution in [3.63, 3.8) is 0 Å². The summed E-state index contributed by atoms with van der Waals surface area (Å²) >= 11 is 0. The molecule has 0 heteroatoms. The van der Waals surface area contributed by atoms with Crippen molar-refractivity contribution in [1.29, 1.82) is 0 Å². The molecule has 1 aliphatic carbocycles. The van der Waals surface area contributed by atoms with Crippen molar-refractivity contribution < 1.29 is 0 Å². The van der Waals surface area contributed by atoms with Gasteiger partial charge in [0.1, 0.15) is 0 Å². The van der Waals surface area contributed by atoms with Crippen LogP contribution in [0.25, 0.3) is 5.57 Å². The van der Waals surface area contributed by atoms with Gasteiger partial charge in [-0.15, -0.1) is 0 Å². The predicted octanol–water partition coefficient (Wildman–Crippen LogP) is 4.37. The molecule has 0 bridgehead atoms. The second-order valence-electron chi connectivity index (χ2n) is 4.34. The third-order valence-corrected chi connectivity index (χ3v) is 3.10. The fourth-order valence-electron chi connectivity index (χ4n) is 2.10. The van der Waals surface area contributed by atoms with Gasteiger partial charge in [0.2, 0.25) is 0 Å². The first-order valence-corrected chi connectivity index (χ1v) is 5.68. The van der Waals surface area contributed by atoms with E-state index < -0.39 is 0 Å². The van der Waals surface area contributed by atoms with Gasteiger partial charge in [0.05, 0.1) is 0 Å². The summed E-state index contributed by atoms with van der Waals surface area (Å²) in [5, 5.41) is 0. The summed E-state index contributed by atoms with van der Waals surface area (Å²) in [4.78, 5) is 0. The highest BCUT2D eigenvalue weighted by Gasteiger charge is 2.04. The Morgan fingerprint density at radius 3 is 2.67 bits per heavy atom. The molecule has 0 saturated heterocycles. The van der Waals surface area contributed by atoms with Crippen molar-refractivity contribution in [3.8, 4) is 0 Å². The number of hydrogen-bond donors (Lipinski definition) is 0. The average Bonchev–Trinajstić information content (AvgIpc) is 2.32. The van der Waals surface area contributed by atoms with Crippen molar-refractivity contribution in [2.24, 2.45) is 0 Å². The monoisotopic (exact) mass is 198 g/mol. The lowest BCUT2D eigenvalue weighted by Gasteiger charge is -2.07. The van der Waals surface area contributed by atoms with E-state index in [-0.39, 0.29) is 0 Å². The summed E-state index contributed by atoms with van der Waals surface area (Å²) in [6, 6.07) is 8.73. The first kappa shape index (κ1) is 10.2. The van der Waals surface area contributed by atoms with Crippen molar-refractivity contribution in [3.05, 3.63) is 53.1 Å². The zero-order valence-electron chi connectivity index (χ0n) is 9.59. The molecule has 1 aromatic carbocycles. The van der Waals surface area contributed by atoms with Crippen molar-refractivity contribution in [2.45, 2.75) is 33.1 Å². The van der Waals surface area contributed by atoms with Gasteiger partial charge in [0.25, 0.3) is 0 Å². The first-order chi connectivity index (χ1) is 7.27. The van der Waals surface area contributed by atoms with Crippen LogP contribution in [0.1, 0.15) is 37.8 Å². The topological polar surface area (TPSA) is 0 Å². The third kappa shape index (κ3) is 2.38. The minimum absolute atomic E-state index is 1.08. The summed E-state index contributed by atoms with van der Waals surface area (Å²) < 4.78 is 0. The maximum absolute atomic E-state index is 2.37. The zero-order valence-corrected chi connectivity index (χ0v) is 9.59. The lowest BCUT2D eigenvalue weighted by atomic mass is 9.98. The van der Waals surface area contributed by atoms with E-state index >= 15 is 0 Å². The minimum atomic E-state index is 1.08. The number of hydrogen-bond acceptors (Lipinski definition) is 0. The van der Waals surface area contributed by atoms with E-state index in [0.717, 1.165) is 6.42 Å². The molecular weight excluding hydrogens is 180 g/mol. The van der Waals surface area contributed by atoms with E-state index in [1.54, 1.807) is 0 Å². The molecule has 0 aliphatic heterocycles. The lowest BCUT2D eigenvalue weighted by Crippen LogP contribution is -1.89. The Morgan fingerprint density at radius 1 is 1.00 bits per heavy atom. The molecule has 1 aromatic rings. The highest BCUT2D eigenvalue weighted by atomic mass is 14.1. The minimum Gasteiger partial charge on any atom is -0.0812 e. The largest absolute Gasteiger partial charge is 0.0812 e. The molecule has 1 aliphatic rings. The molecule has 0 N–H and O–H groups in total. The smallest absolute Gasteiger partial charge is 0.00888 e. The van der Waals surface area contributed by atoms with E-state index in [9.17, 15) is 0 Å². The summed E-state index contributed by atoms with van der Waals surface area (Å²) in [5.41, 5.74) is 5.81. The van der Waals surface area contributed by atoms with Gasteiger partial charge < -0.3 is 0 Å². The van der Waals surface area contributed by atoms with E-state index in [0.29, 0.717) is 0 Å². The zero-order chi connectivity index (χ0) is 10.7. The Morgan fingerprint density at radius 2 is 1.80 bits per heavy atom. The molecule has 0 atom stereocenters. The molecule has 2 rings (SSSR count). The van der Waals surface area contributed by atoms with Crippen LogP contribution in [0.2, 0.25) is 0 Å². The van der Waals surface area contributed by atoms with Crippen molar-refractivity contribution >= 4 is 5.57 Å². The predicted molar refractivity (Wildman–Crippen MR) is 66.8 cm³/mol. The van der Waals surface area contributed by atoms with Crippen LogP contribution in [0.4, 0.5) is 0 Å². The van der Waals surface area contributed by atoms with Gasteiger partial charge in [-0.1, -0.05) is 42.0 Å². The Bertz CT molecular complexity index is 408. The van der Waals surface area contributed by atoms with Crippen LogP contribution in [-0.4, -0.2) is 0 Å². The van der Waals surface area contributed by atoms with Crippen molar-refractivity contribution in [1.82, 2.24) is 0 Å². The molecule has 0 unspecified atom stereocenters. The molecular formula is C15H18. The second-order valence-corrected chi connectivity index (χ2v) is 4.34. The van der Waals surface area contributed by atoms with Gasteiger partial charge in [-0.2, -0.15) is 0 Å². The molecule has 0 fully saturated rings. The van der Waals surface area contributed by atoms with Gasteiger partial charge >= 0.3 is 0 Å². The van der Waals surface area contributed by atoms with E-state index in [4.69, 9.17) is 0 Å². The van der Waals surface area contributed by atoms with Crippen LogP contribution in [-0.2, 0) is 6.42 Å². The quantitative estimate of drug-likeness (QED) is 0.543. The van der Waals surface area contributed by atoms with E-state index in [2.05, 4.69) is 50.3 Å². The van der Waals surface area contributed by atoms with Gasteiger partial charge in [-0.3, -0.25) is 0 Å². The van der Waals surface area contributed by atoms with Crippen LogP contribution < -0.4 is 0 Å². The maximum Gasteiger partial charge on any atom is -0.00888 e. The summed E-state index contributed by atoms with van der Waals surface area (Å²) in [6.45, 7) is 4.45. The van der Waals surface area contributed by atoms with Crippen LogP contribution in [0.5, 0.6) is 0 Å². The van der Waals surface area contributed by atoms with Crippen LogP contribution in [0.15, 0.2) is 42.0 Å². The number of fused-ring (bicyclic) bond motifs is 1. The van der Waals surface area contributed by atoms with Gasteiger partial charge in [-0.05, 0) is 49.8 Å². The van der Waals surface area contributed by atoms with Gasteiger partial charge in [0.15, 0.2) is 0 Å². The molecule has 0 nitrogen and oxygen atoms in total. The lowest BCUT2D eigenvalue weighted by molar-refractivity contribution is 0.970. The summed E-state index contributed by atoms with van der Waals surface area (Å²) in [5.74, 6) is 0. The summed E-state index contributed by atoms with van der Waals surface area (Å²) in [6.07, 6.45) is 8.17. The number of rotatable bonds is 0. The number of allylic oxidation sites excluding steroid dienone is 4. The fraction of sp³-hybridized carbons (Fsp3) is 0.333. The SMILES string of the molecule is CC1=CCc2ccccc2C(C)=CCC1. The average molecular weight is 198 g/mol. The standard InChI is InChI=1S/C15H18/c1-12-6-5-7-13(2)15-9-4-3-8-14(15)11-10-12/h3-4,7-10H,5-6,11H2,1-2H3. The Balaban J connectivity index is 2.45. The highest BCUT2D eigenvalue weighted by Crippen LogP contribution is 2.23. The molecule has 0 radical (unpaired) electrons. The Kier molecular flexibility index (Phi) is 3.05. The normalized spacial score (nSPS) is 16.7. The van der Waals surface area contributed by atoms with Crippen LogP contribution in [0.3, 0.4) is 0 Å². The molecule has 0 aromatic heterocycles. The highest BCUT2D eigenvalue weighted by molar-refractivity contribution is 5.67. The summed E-state index contributed by atoms with van der Waals surface area (Å²) in [7, 11) is 0. The van der Waals surface area contributed by atoms with E-state index in [1.807, 2.05) is 0 Å².